The van der Waals surface area contributed by atoms with Crippen molar-refractivity contribution in [1.82, 2.24) is 15.1 Å². The standard InChI is InChI=1S/C12H17N3O2/c1-8-11(7-16)9(2)15(14-8)6-5-12(17)13-10-3-4-10/h7,10H,3-6H2,1-2H3,(H,13,17). The van der Waals surface area contributed by atoms with Crippen LogP contribution in [0.25, 0.3) is 0 Å². The maximum absolute atomic E-state index is 11.5. The number of hydrogen-bond acceptors (Lipinski definition) is 3. The summed E-state index contributed by atoms with van der Waals surface area (Å²) in [7, 11) is 0. The fraction of sp³-hybridized carbons (Fsp3) is 0.583. The lowest BCUT2D eigenvalue weighted by Crippen LogP contribution is -2.26. The number of amides is 1. The molecular weight excluding hydrogens is 218 g/mol. The minimum atomic E-state index is 0.0627. The molecule has 0 bridgehead atoms. The summed E-state index contributed by atoms with van der Waals surface area (Å²) in [6, 6.07) is 0.397. The maximum atomic E-state index is 11.5. The molecule has 0 aliphatic heterocycles. The zero-order valence-electron chi connectivity index (χ0n) is 10.2. The number of hydrogen-bond donors (Lipinski definition) is 1. The summed E-state index contributed by atoms with van der Waals surface area (Å²) in [5.41, 5.74) is 2.18. The predicted octanol–water partition coefficient (Wildman–Crippen LogP) is 0.981. The van der Waals surface area contributed by atoms with E-state index in [-0.39, 0.29) is 5.91 Å². The summed E-state index contributed by atoms with van der Waals surface area (Å²) in [6.07, 6.45) is 3.43. The fourth-order valence-electron chi connectivity index (χ4n) is 1.83. The number of nitrogens with zero attached hydrogens (tertiary/aromatic N) is 2. The van der Waals surface area contributed by atoms with Crippen molar-refractivity contribution in [3.05, 3.63) is 17.0 Å². The van der Waals surface area contributed by atoms with Crippen molar-refractivity contribution in [3.63, 3.8) is 0 Å². The van der Waals surface area contributed by atoms with Gasteiger partial charge in [-0.3, -0.25) is 14.3 Å². The first kappa shape index (κ1) is 11.8. The summed E-state index contributed by atoms with van der Waals surface area (Å²) in [4.78, 5) is 22.3. The SMILES string of the molecule is Cc1nn(CCC(=O)NC2CC2)c(C)c1C=O. The Labute approximate surface area is 100 Å². The number of aldehydes is 1. The maximum Gasteiger partial charge on any atom is 0.222 e. The van der Waals surface area contributed by atoms with E-state index in [1.165, 1.54) is 0 Å². The molecule has 0 aromatic carbocycles. The van der Waals surface area contributed by atoms with Crippen LogP contribution in [0.2, 0.25) is 0 Å². The van der Waals surface area contributed by atoms with E-state index in [2.05, 4.69) is 10.4 Å². The highest BCUT2D eigenvalue weighted by molar-refractivity contribution is 5.78. The topological polar surface area (TPSA) is 64.0 Å². The van der Waals surface area contributed by atoms with Gasteiger partial charge in [-0.2, -0.15) is 5.10 Å². The highest BCUT2D eigenvalue weighted by atomic mass is 16.1. The lowest BCUT2D eigenvalue weighted by Gasteiger charge is -2.05. The molecule has 1 aromatic heterocycles. The lowest BCUT2D eigenvalue weighted by atomic mass is 10.2. The van der Waals surface area contributed by atoms with Crippen molar-refractivity contribution in [2.75, 3.05) is 0 Å². The summed E-state index contributed by atoms with van der Waals surface area (Å²) < 4.78 is 1.73. The van der Waals surface area contributed by atoms with Crippen LogP contribution in [-0.2, 0) is 11.3 Å². The van der Waals surface area contributed by atoms with E-state index >= 15 is 0 Å². The van der Waals surface area contributed by atoms with Crippen molar-refractivity contribution in [2.45, 2.75) is 45.7 Å². The summed E-state index contributed by atoms with van der Waals surface area (Å²) in [5.74, 6) is 0.0627. The van der Waals surface area contributed by atoms with Crippen LogP contribution in [0, 0.1) is 13.8 Å². The smallest absolute Gasteiger partial charge is 0.222 e. The number of nitrogens with one attached hydrogen (secondary N) is 1. The monoisotopic (exact) mass is 235 g/mol. The third-order valence-corrected chi connectivity index (χ3v) is 3.05. The average Bonchev–Trinajstić information content (AvgIpc) is 3.03. The lowest BCUT2D eigenvalue weighted by molar-refractivity contribution is -0.121. The molecular formula is C12H17N3O2. The molecule has 1 fully saturated rings. The Morgan fingerprint density at radius 1 is 1.53 bits per heavy atom. The van der Waals surface area contributed by atoms with Crippen LogP contribution >= 0.6 is 0 Å². The van der Waals surface area contributed by atoms with Gasteiger partial charge in [-0.25, -0.2) is 0 Å². The molecule has 0 saturated heterocycles. The fourth-order valence-corrected chi connectivity index (χ4v) is 1.83. The van der Waals surface area contributed by atoms with Crippen LogP contribution in [0.15, 0.2) is 0 Å². The molecule has 5 nitrogen and oxygen atoms in total. The van der Waals surface area contributed by atoms with E-state index in [1.54, 1.807) is 11.6 Å². The Balaban J connectivity index is 1.93. The zero-order chi connectivity index (χ0) is 12.4. The second-order valence-electron chi connectivity index (χ2n) is 4.52. The van der Waals surface area contributed by atoms with Crippen LogP contribution in [-0.4, -0.2) is 28.0 Å². The quantitative estimate of drug-likeness (QED) is 0.774. The minimum Gasteiger partial charge on any atom is -0.353 e. The van der Waals surface area contributed by atoms with Gasteiger partial charge in [-0.15, -0.1) is 0 Å². The molecule has 0 unspecified atom stereocenters. The Morgan fingerprint density at radius 3 is 2.76 bits per heavy atom. The normalized spacial score (nSPS) is 14.7. The molecule has 0 radical (unpaired) electrons. The Morgan fingerprint density at radius 2 is 2.24 bits per heavy atom. The number of aryl methyl sites for hydroxylation is 2. The van der Waals surface area contributed by atoms with E-state index in [0.717, 1.165) is 30.5 Å². The molecule has 1 saturated carbocycles. The van der Waals surface area contributed by atoms with Gasteiger partial charge in [0.05, 0.1) is 11.3 Å². The van der Waals surface area contributed by atoms with Gasteiger partial charge in [0, 0.05) is 24.7 Å². The van der Waals surface area contributed by atoms with Gasteiger partial charge in [0.15, 0.2) is 6.29 Å². The number of carbonyl (C=O) groups is 2. The zero-order valence-corrected chi connectivity index (χ0v) is 10.2. The van der Waals surface area contributed by atoms with Crippen LogP contribution in [0.5, 0.6) is 0 Å². The minimum absolute atomic E-state index is 0.0627. The van der Waals surface area contributed by atoms with Crippen LogP contribution in [0.4, 0.5) is 0 Å². The molecule has 1 N–H and O–H groups in total. The van der Waals surface area contributed by atoms with Crippen molar-refractivity contribution in [2.24, 2.45) is 0 Å². The van der Waals surface area contributed by atoms with Crippen molar-refractivity contribution in [1.29, 1.82) is 0 Å². The van der Waals surface area contributed by atoms with E-state index < -0.39 is 0 Å². The predicted molar refractivity (Wildman–Crippen MR) is 62.9 cm³/mol. The highest BCUT2D eigenvalue weighted by Gasteiger charge is 2.23. The summed E-state index contributed by atoms with van der Waals surface area (Å²) in [5, 5.41) is 7.18. The van der Waals surface area contributed by atoms with Crippen LogP contribution in [0.1, 0.15) is 41.0 Å². The van der Waals surface area contributed by atoms with Crippen LogP contribution in [0.3, 0.4) is 0 Å². The van der Waals surface area contributed by atoms with E-state index in [1.807, 2.05) is 6.92 Å². The molecule has 92 valence electrons. The average molecular weight is 235 g/mol. The van der Waals surface area contributed by atoms with Crippen molar-refractivity contribution < 1.29 is 9.59 Å². The van der Waals surface area contributed by atoms with E-state index in [9.17, 15) is 9.59 Å². The number of aromatic nitrogens is 2. The van der Waals surface area contributed by atoms with E-state index in [0.29, 0.717) is 24.6 Å². The van der Waals surface area contributed by atoms with E-state index in [4.69, 9.17) is 0 Å². The van der Waals surface area contributed by atoms with Gasteiger partial charge >= 0.3 is 0 Å². The Kier molecular flexibility index (Phi) is 3.26. The largest absolute Gasteiger partial charge is 0.353 e. The number of rotatable bonds is 5. The molecule has 0 atom stereocenters. The van der Waals surface area contributed by atoms with Gasteiger partial charge in [0.25, 0.3) is 0 Å². The molecule has 1 aliphatic carbocycles. The van der Waals surface area contributed by atoms with Crippen molar-refractivity contribution in [3.8, 4) is 0 Å². The molecule has 0 spiro atoms. The number of carbonyl (C=O) groups excluding carboxylic acids is 2. The van der Waals surface area contributed by atoms with Gasteiger partial charge in [0.2, 0.25) is 5.91 Å². The van der Waals surface area contributed by atoms with Gasteiger partial charge in [-0.05, 0) is 26.7 Å². The third-order valence-electron chi connectivity index (χ3n) is 3.05. The first-order valence-electron chi connectivity index (χ1n) is 5.90. The molecule has 1 heterocycles. The molecule has 1 amide bonds. The second-order valence-corrected chi connectivity index (χ2v) is 4.52. The molecule has 1 aliphatic rings. The first-order chi connectivity index (χ1) is 8.11. The van der Waals surface area contributed by atoms with Crippen molar-refractivity contribution >= 4 is 12.2 Å². The van der Waals surface area contributed by atoms with Gasteiger partial charge < -0.3 is 5.32 Å². The molecule has 2 rings (SSSR count). The highest BCUT2D eigenvalue weighted by Crippen LogP contribution is 2.18. The summed E-state index contributed by atoms with van der Waals surface area (Å²) >= 11 is 0. The summed E-state index contributed by atoms with van der Waals surface area (Å²) in [6.45, 7) is 4.18. The Bertz CT molecular complexity index is 447. The van der Waals surface area contributed by atoms with Gasteiger partial charge in [-0.1, -0.05) is 0 Å². The molecule has 17 heavy (non-hydrogen) atoms. The van der Waals surface area contributed by atoms with Crippen LogP contribution < -0.4 is 5.32 Å². The molecule has 5 heteroatoms. The molecule has 1 aromatic rings. The first-order valence-corrected chi connectivity index (χ1v) is 5.90. The second kappa shape index (κ2) is 4.69. The Hall–Kier alpha value is -1.65. The van der Waals surface area contributed by atoms with Gasteiger partial charge in [0.1, 0.15) is 0 Å². The third kappa shape index (κ3) is 2.72.